The molecule has 0 aromatic carbocycles. The van der Waals surface area contributed by atoms with E-state index < -0.39 is 23.2 Å². The van der Waals surface area contributed by atoms with Crippen molar-refractivity contribution < 1.29 is 9.59 Å². The van der Waals surface area contributed by atoms with E-state index >= 15 is 0 Å². The normalized spacial score (nSPS) is 11.3. The van der Waals surface area contributed by atoms with Gasteiger partial charge in [0.1, 0.15) is 12.7 Å². The lowest BCUT2D eigenvalue weighted by Gasteiger charge is -2.05. The lowest BCUT2D eigenvalue weighted by Crippen LogP contribution is -2.31. The van der Waals surface area contributed by atoms with E-state index in [4.69, 9.17) is 11.5 Å². The Morgan fingerprint density at radius 1 is 0.767 bits per heavy atom. The molecule has 30 heavy (non-hydrogen) atoms. The Morgan fingerprint density at radius 3 is 1.53 bits per heavy atom. The second-order valence-electron chi connectivity index (χ2n) is 6.20. The van der Waals surface area contributed by atoms with Crippen LogP contribution in [0.4, 0.5) is 0 Å². The fourth-order valence-electron chi connectivity index (χ4n) is 2.82. The van der Waals surface area contributed by atoms with E-state index in [1.54, 1.807) is 0 Å². The highest BCUT2D eigenvalue weighted by Crippen LogP contribution is 2.03. The molecule has 0 radical (unpaired) electrons. The van der Waals surface area contributed by atoms with Gasteiger partial charge in [0.25, 0.3) is 11.8 Å². The molecule has 16 nitrogen and oxygen atoms in total. The minimum absolute atomic E-state index is 0.0189. The van der Waals surface area contributed by atoms with E-state index in [1.165, 1.54) is 0 Å². The highest BCUT2D eigenvalue weighted by molar-refractivity contribution is 5.97. The van der Waals surface area contributed by atoms with Crippen LogP contribution in [0.2, 0.25) is 0 Å². The van der Waals surface area contributed by atoms with Crippen LogP contribution in [0, 0.1) is 0 Å². The Bertz CT molecular complexity index is 1300. The first kappa shape index (κ1) is 18.8. The summed E-state index contributed by atoms with van der Waals surface area (Å²) in [6, 6.07) is 0. The zero-order chi connectivity index (χ0) is 21.4. The third kappa shape index (κ3) is 3.05. The highest BCUT2D eigenvalue weighted by atomic mass is 16.2. The van der Waals surface area contributed by atoms with Crippen molar-refractivity contribution in [1.29, 1.82) is 0 Å². The van der Waals surface area contributed by atoms with Gasteiger partial charge >= 0.3 is 11.4 Å². The molecule has 0 unspecified atom stereocenters. The Balaban J connectivity index is 1.45. The van der Waals surface area contributed by atoms with Gasteiger partial charge in [-0.15, -0.1) is 10.2 Å². The molecule has 16 heteroatoms. The number of carbonyl (C=O) groups is 2. The number of amides is 2. The summed E-state index contributed by atoms with van der Waals surface area (Å²) in [7, 11) is 0. The molecule has 4 N–H and O–H groups in total. The van der Waals surface area contributed by atoms with Gasteiger partial charge in [-0.05, 0) is 12.8 Å². The molecule has 154 valence electrons. The molecule has 0 saturated carbocycles. The van der Waals surface area contributed by atoms with Crippen LogP contribution in [0.5, 0.6) is 0 Å². The number of nitrogens with two attached hydrogens (primary N) is 2. The van der Waals surface area contributed by atoms with Crippen LogP contribution in [0.15, 0.2) is 22.2 Å². The zero-order valence-electron chi connectivity index (χ0n) is 15.2. The van der Waals surface area contributed by atoms with Crippen LogP contribution in [-0.2, 0) is 13.1 Å². The second kappa shape index (κ2) is 7.15. The number of rotatable bonds is 7. The monoisotopic (exact) mass is 414 g/mol. The van der Waals surface area contributed by atoms with E-state index in [0.29, 0.717) is 12.8 Å². The summed E-state index contributed by atoms with van der Waals surface area (Å²) in [6.07, 6.45) is 3.22. The summed E-state index contributed by atoms with van der Waals surface area (Å²) >= 11 is 0. The maximum atomic E-state index is 12.4. The number of hydrogen-bond acceptors (Lipinski definition) is 10. The molecule has 0 fully saturated rings. The van der Waals surface area contributed by atoms with Crippen LogP contribution < -0.4 is 22.8 Å². The average molecular weight is 414 g/mol. The van der Waals surface area contributed by atoms with Crippen molar-refractivity contribution in [3.63, 3.8) is 0 Å². The Morgan fingerprint density at radius 2 is 1.17 bits per heavy atom. The summed E-state index contributed by atoms with van der Waals surface area (Å²) in [5.41, 5.74) is 8.96. The number of imidazole rings is 2. The van der Waals surface area contributed by atoms with Crippen molar-refractivity contribution >= 4 is 23.1 Å². The predicted molar refractivity (Wildman–Crippen MR) is 96.4 cm³/mol. The summed E-state index contributed by atoms with van der Waals surface area (Å²) in [5, 5.41) is 15.2. The molecule has 0 spiro atoms. The third-order valence-corrected chi connectivity index (χ3v) is 4.29. The second-order valence-corrected chi connectivity index (χ2v) is 6.20. The van der Waals surface area contributed by atoms with Crippen molar-refractivity contribution in [3.8, 4) is 0 Å². The van der Waals surface area contributed by atoms with E-state index in [-0.39, 0.29) is 35.8 Å². The van der Waals surface area contributed by atoms with Crippen molar-refractivity contribution in [2.75, 3.05) is 0 Å². The topological polar surface area (TPSA) is 216 Å². The summed E-state index contributed by atoms with van der Waals surface area (Å²) in [6.45, 7) is 0.403. The van der Waals surface area contributed by atoms with Gasteiger partial charge in [0.2, 0.25) is 0 Å². The van der Waals surface area contributed by atoms with Crippen molar-refractivity contribution in [2.45, 2.75) is 25.9 Å². The fourth-order valence-corrected chi connectivity index (χ4v) is 2.82. The van der Waals surface area contributed by atoms with Gasteiger partial charge in [-0.2, -0.15) is 9.36 Å². The number of fused-ring (bicyclic) bond motifs is 2. The summed E-state index contributed by atoms with van der Waals surface area (Å²) in [4.78, 5) is 54.8. The van der Waals surface area contributed by atoms with Gasteiger partial charge in [0.05, 0.1) is 0 Å². The van der Waals surface area contributed by atoms with Gasteiger partial charge in [0.15, 0.2) is 22.7 Å². The maximum Gasteiger partial charge on any atom is 0.352 e. The SMILES string of the molecule is NC(=O)c1ncn2c(=O)n(CCCCn3nnc4c(C(N)=O)ncn4c3=O)nnc12. The molecule has 0 saturated heterocycles. The van der Waals surface area contributed by atoms with Crippen molar-refractivity contribution in [2.24, 2.45) is 11.5 Å². The molecule has 2 amide bonds. The number of primary amides is 2. The Kier molecular flexibility index (Phi) is 4.49. The lowest BCUT2D eigenvalue weighted by molar-refractivity contribution is 0.0989. The van der Waals surface area contributed by atoms with Gasteiger partial charge < -0.3 is 11.5 Å². The molecular weight excluding hydrogens is 400 g/mol. The fraction of sp³-hybridized carbons (Fsp3) is 0.286. The number of nitrogens with zero attached hydrogens (tertiary/aromatic N) is 10. The first-order valence-corrected chi connectivity index (χ1v) is 8.60. The lowest BCUT2D eigenvalue weighted by atomic mass is 10.3. The number of aromatic nitrogens is 10. The molecule has 4 rings (SSSR count). The molecule has 0 aliphatic rings. The largest absolute Gasteiger partial charge is 0.364 e. The maximum absolute atomic E-state index is 12.4. The van der Waals surface area contributed by atoms with Crippen LogP contribution in [0.1, 0.15) is 33.8 Å². The number of hydrogen-bond donors (Lipinski definition) is 2. The first-order valence-electron chi connectivity index (χ1n) is 8.60. The van der Waals surface area contributed by atoms with Gasteiger partial charge in [-0.1, -0.05) is 10.4 Å². The van der Waals surface area contributed by atoms with Crippen molar-refractivity contribution in [3.05, 3.63) is 45.0 Å². The van der Waals surface area contributed by atoms with Gasteiger partial charge in [-0.25, -0.2) is 28.4 Å². The number of aryl methyl sites for hydroxylation is 2. The Hall–Kier alpha value is -4.50. The molecule has 0 aliphatic heterocycles. The third-order valence-electron chi connectivity index (χ3n) is 4.29. The average Bonchev–Trinajstić information content (AvgIpc) is 3.33. The molecule has 4 aromatic heterocycles. The van der Waals surface area contributed by atoms with E-state index in [2.05, 4.69) is 30.6 Å². The molecular formula is C14H14N12O4. The zero-order valence-corrected chi connectivity index (χ0v) is 15.2. The van der Waals surface area contributed by atoms with Crippen LogP contribution in [0.25, 0.3) is 11.3 Å². The minimum Gasteiger partial charge on any atom is -0.364 e. The quantitative estimate of drug-likeness (QED) is 0.285. The van der Waals surface area contributed by atoms with E-state index in [1.807, 2.05) is 0 Å². The predicted octanol–water partition coefficient (Wildman–Crippen LogP) is -3.44. The number of unbranched alkanes of at least 4 members (excludes halogenated alkanes) is 1. The van der Waals surface area contributed by atoms with E-state index in [0.717, 1.165) is 30.8 Å². The molecule has 0 aliphatic carbocycles. The first-order chi connectivity index (χ1) is 14.4. The molecule has 0 atom stereocenters. The Labute approximate surface area is 164 Å². The van der Waals surface area contributed by atoms with Gasteiger partial charge in [0, 0.05) is 13.1 Å². The molecule has 4 aromatic rings. The summed E-state index contributed by atoms with van der Waals surface area (Å²) in [5.74, 6) is -1.62. The van der Waals surface area contributed by atoms with Crippen LogP contribution in [-0.4, -0.2) is 60.6 Å². The van der Waals surface area contributed by atoms with Crippen LogP contribution in [0.3, 0.4) is 0 Å². The summed E-state index contributed by atoms with van der Waals surface area (Å²) < 4.78 is 4.36. The standard InChI is InChI=1S/C14H14N12O4/c15-9(27)7-11-19-21-25(13(29)23(11)5-17-7)3-1-2-4-26-14(30)24-6-18-8(10(16)28)12(24)20-22-26/h5-6H,1-4H2,(H2,15,27)(H2,16,28). The minimum atomic E-state index is -0.812. The van der Waals surface area contributed by atoms with Crippen molar-refractivity contribution in [1.82, 2.24) is 48.8 Å². The smallest absolute Gasteiger partial charge is 0.352 e. The molecule has 0 bridgehead atoms. The van der Waals surface area contributed by atoms with E-state index in [9.17, 15) is 19.2 Å². The highest BCUT2D eigenvalue weighted by Gasteiger charge is 2.16. The van der Waals surface area contributed by atoms with Gasteiger partial charge in [-0.3, -0.25) is 9.59 Å². The van der Waals surface area contributed by atoms with Crippen LogP contribution >= 0.6 is 0 Å². The molecule has 4 heterocycles. The number of carbonyl (C=O) groups excluding carboxylic acids is 2.